The zero-order valence-electron chi connectivity index (χ0n) is 18.0. The molecule has 0 spiro atoms. The average molecular weight is 465 g/mol. The number of ether oxygens (including phenoxy) is 1. The predicted molar refractivity (Wildman–Crippen MR) is 129 cm³/mol. The Morgan fingerprint density at radius 1 is 1.00 bits per heavy atom. The number of benzene rings is 2. The number of carbonyl (C=O) groups excluding carboxylic acids is 2. The van der Waals surface area contributed by atoms with E-state index in [0.717, 1.165) is 5.56 Å². The van der Waals surface area contributed by atoms with Crippen LogP contribution in [0.1, 0.15) is 28.4 Å². The third kappa shape index (κ3) is 5.88. The van der Waals surface area contributed by atoms with E-state index >= 15 is 0 Å². The standard InChI is InChI=1S/C25H25ClN4O3/c26-20-10-5-4-9-19(20)25(32)29-22(18-7-2-1-3-8-18)17-23(31)28-21-11-6-12-27-24(21)30-13-15-33-16-14-30/h1-12,22H,13-17H2,(H,28,31)(H,29,32). The van der Waals surface area contributed by atoms with Crippen LogP contribution in [0.4, 0.5) is 11.5 Å². The SMILES string of the molecule is O=C(CC(NC(=O)c1ccccc1Cl)c1ccccc1)Nc1cccnc1N1CCOCC1. The Labute approximate surface area is 197 Å². The molecule has 7 nitrogen and oxygen atoms in total. The highest BCUT2D eigenvalue weighted by Crippen LogP contribution is 2.25. The minimum absolute atomic E-state index is 0.0532. The smallest absolute Gasteiger partial charge is 0.253 e. The van der Waals surface area contributed by atoms with Crippen LogP contribution in [0.15, 0.2) is 72.9 Å². The zero-order valence-corrected chi connectivity index (χ0v) is 18.8. The fourth-order valence-electron chi connectivity index (χ4n) is 3.73. The summed E-state index contributed by atoms with van der Waals surface area (Å²) in [6.45, 7) is 2.66. The molecule has 1 atom stereocenters. The number of hydrogen-bond acceptors (Lipinski definition) is 5. The Hall–Kier alpha value is -3.42. The summed E-state index contributed by atoms with van der Waals surface area (Å²) in [7, 11) is 0. The van der Waals surface area contributed by atoms with Gasteiger partial charge in [0.25, 0.3) is 5.91 Å². The summed E-state index contributed by atoms with van der Waals surface area (Å²) < 4.78 is 5.42. The van der Waals surface area contributed by atoms with Gasteiger partial charge < -0.3 is 20.3 Å². The number of rotatable bonds is 7. The molecular weight excluding hydrogens is 440 g/mol. The van der Waals surface area contributed by atoms with Gasteiger partial charge in [0.15, 0.2) is 5.82 Å². The number of aromatic nitrogens is 1. The summed E-state index contributed by atoms with van der Waals surface area (Å²) in [5.41, 5.74) is 1.82. The van der Waals surface area contributed by atoms with Crippen LogP contribution >= 0.6 is 11.6 Å². The first-order chi connectivity index (χ1) is 16.1. The van der Waals surface area contributed by atoms with Crippen molar-refractivity contribution in [2.45, 2.75) is 12.5 Å². The number of anilines is 2. The van der Waals surface area contributed by atoms with Crippen LogP contribution in [0, 0.1) is 0 Å². The van der Waals surface area contributed by atoms with E-state index in [1.165, 1.54) is 0 Å². The third-order valence-corrected chi connectivity index (χ3v) is 5.72. The van der Waals surface area contributed by atoms with E-state index < -0.39 is 6.04 Å². The van der Waals surface area contributed by atoms with Gasteiger partial charge in [0.05, 0.1) is 41.9 Å². The van der Waals surface area contributed by atoms with E-state index in [0.29, 0.717) is 48.4 Å². The molecule has 2 N–H and O–H groups in total. The Morgan fingerprint density at radius 3 is 2.48 bits per heavy atom. The van der Waals surface area contributed by atoms with Crippen LogP contribution in [0.3, 0.4) is 0 Å². The number of morpholine rings is 1. The highest BCUT2D eigenvalue weighted by atomic mass is 35.5. The molecule has 0 aliphatic carbocycles. The van der Waals surface area contributed by atoms with E-state index in [4.69, 9.17) is 16.3 Å². The lowest BCUT2D eigenvalue weighted by molar-refractivity contribution is -0.116. The van der Waals surface area contributed by atoms with Gasteiger partial charge in [-0.15, -0.1) is 0 Å². The van der Waals surface area contributed by atoms with Crippen LogP contribution in [-0.4, -0.2) is 43.1 Å². The van der Waals surface area contributed by atoms with Crippen molar-refractivity contribution in [1.29, 1.82) is 0 Å². The molecular formula is C25H25ClN4O3. The Kier molecular flexibility index (Phi) is 7.55. The van der Waals surface area contributed by atoms with Crippen molar-refractivity contribution in [1.82, 2.24) is 10.3 Å². The fourth-order valence-corrected chi connectivity index (χ4v) is 3.95. The second-order valence-corrected chi connectivity index (χ2v) is 8.05. The van der Waals surface area contributed by atoms with Crippen LogP contribution < -0.4 is 15.5 Å². The summed E-state index contributed by atoms with van der Waals surface area (Å²) in [6.07, 6.45) is 1.76. The maximum Gasteiger partial charge on any atom is 0.253 e. The average Bonchev–Trinajstić information content (AvgIpc) is 2.85. The first-order valence-corrected chi connectivity index (χ1v) is 11.2. The largest absolute Gasteiger partial charge is 0.378 e. The topological polar surface area (TPSA) is 83.6 Å². The van der Waals surface area contributed by atoms with E-state index in [1.54, 1.807) is 36.5 Å². The molecule has 0 radical (unpaired) electrons. The molecule has 0 saturated carbocycles. The van der Waals surface area contributed by atoms with Gasteiger partial charge in [0, 0.05) is 19.3 Å². The van der Waals surface area contributed by atoms with Crippen molar-refractivity contribution in [2.75, 3.05) is 36.5 Å². The van der Waals surface area contributed by atoms with Crippen LogP contribution in [0.2, 0.25) is 5.02 Å². The van der Waals surface area contributed by atoms with Gasteiger partial charge in [0.2, 0.25) is 5.91 Å². The maximum atomic E-state index is 13.1. The van der Waals surface area contributed by atoms with Crippen molar-refractivity contribution in [3.05, 3.63) is 89.1 Å². The van der Waals surface area contributed by atoms with Gasteiger partial charge in [-0.25, -0.2) is 4.98 Å². The van der Waals surface area contributed by atoms with E-state index in [2.05, 4.69) is 20.5 Å². The summed E-state index contributed by atoms with van der Waals surface area (Å²) in [5.74, 6) is 0.147. The van der Waals surface area contributed by atoms with Crippen molar-refractivity contribution in [2.24, 2.45) is 0 Å². The second-order valence-electron chi connectivity index (χ2n) is 7.64. The minimum Gasteiger partial charge on any atom is -0.378 e. The number of pyridine rings is 1. The monoisotopic (exact) mass is 464 g/mol. The van der Waals surface area contributed by atoms with E-state index in [1.807, 2.05) is 36.4 Å². The lowest BCUT2D eigenvalue weighted by Crippen LogP contribution is -2.37. The Balaban J connectivity index is 1.51. The number of nitrogens with zero attached hydrogens (tertiary/aromatic N) is 2. The molecule has 1 aliphatic heterocycles. The number of nitrogens with one attached hydrogen (secondary N) is 2. The van der Waals surface area contributed by atoms with Crippen molar-refractivity contribution >= 4 is 34.9 Å². The molecule has 3 aromatic rings. The van der Waals surface area contributed by atoms with Crippen molar-refractivity contribution in [3.63, 3.8) is 0 Å². The van der Waals surface area contributed by atoms with Crippen LogP contribution in [0.25, 0.3) is 0 Å². The van der Waals surface area contributed by atoms with Crippen LogP contribution in [-0.2, 0) is 9.53 Å². The van der Waals surface area contributed by atoms with Crippen molar-refractivity contribution < 1.29 is 14.3 Å². The first kappa shape index (κ1) is 22.8. The predicted octanol–water partition coefficient (Wildman–Crippen LogP) is 4.07. The van der Waals surface area contributed by atoms with E-state index in [-0.39, 0.29) is 18.2 Å². The summed E-state index contributed by atoms with van der Waals surface area (Å²) in [6, 6.07) is 19.3. The highest BCUT2D eigenvalue weighted by molar-refractivity contribution is 6.33. The molecule has 33 heavy (non-hydrogen) atoms. The molecule has 170 valence electrons. The molecule has 1 saturated heterocycles. The quantitative estimate of drug-likeness (QED) is 0.550. The Bertz CT molecular complexity index is 1100. The number of carbonyl (C=O) groups is 2. The molecule has 2 heterocycles. The van der Waals surface area contributed by atoms with Gasteiger partial charge in [-0.2, -0.15) is 0 Å². The Morgan fingerprint density at radius 2 is 1.73 bits per heavy atom. The number of halogens is 1. The lowest BCUT2D eigenvalue weighted by atomic mass is 10.0. The van der Waals surface area contributed by atoms with Gasteiger partial charge >= 0.3 is 0 Å². The molecule has 0 bridgehead atoms. The molecule has 1 fully saturated rings. The zero-order chi connectivity index (χ0) is 23.0. The molecule has 2 amide bonds. The van der Waals surface area contributed by atoms with E-state index in [9.17, 15) is 9.59 Å². The highest BCUT2D eigenvalue weighted by Gasteiger charge is 2.22. The maximum absolute atomic E-state index is 13.1. The molecule has 1 aromatic heterocycles. The first-order valence-electron chi connectivity index (χ1n) is 10.8. The van der Waals surface area contributed by atoms with Gasteiger partial charge in [0.1, 0.15) is 0 Å². The number of amides is 2. The molecule has 2 aromatic carbocycles. The molecule has 1 aliphatic rings. The van der Waals surface area contributed by atoms with Crippen molar-refractivity contribution in [3.8, 4) is 0 Å². The summed E-state index contributed by atoms with van der Waals surface area (Å²) >= 11 is 6.19. The van der Waals surface area contributed by atoms with Gasteiger partial charge in [-0.1, -0.05) is 54.1 Å². The second kappa shape index (κ2) is 10.9. The van der Waals surface area contributed by atoms with Crippen LogP contribution in [0.5, 0.6) is 0 Å². The lowest BCUT2D eigenvalue weighted by Gasteiger charge is -2.29. The van der Waals surface area contributed by atoms with Gasteiger partial charge in [-0.3, -0.25) is 9.59 Å². The summed E-state index contributed by atoms with van der Waals surface area (Å²) in [4.78, 5) is 32.5. The van der Waals surface area contributed by atoms with Gasteiger partial charge in [-0.05, 0) is 29.8 Å². The normalized spacial score (nSPS) is 14.4. The number of hydrogen-bond donors (Lipinski definition) is 2. The molecule has 4 rings (SSSR count). The third-order valence-electron chi connectivity index (χ3n) is 5.39. The fraction of sp³-hybridized carbons (Fsp3) is 0.240. The minimum atomic E-state index is -0.529. The molecule has 8 heteroatoms. The molecule has 1 unspecified atom stereocenters. The summed E-state index contributed by atoms with van der Waals surface area (Å²) in [5, 5.41) is 6.29.